The molecule has 1 aromatic heterocycles. The fourth-order valence-electron chi connectivity index (χ4n) is 5.40. The van der Waals surface area contributed by atoms with Gasteiger partial charge in [0.2, 0.25) is 11.1 Å². The number of carbonyl (C=O) groups excluding carboxylic acids is 1. The van der Waals surface area contributed by atoms with Crippen LogP contribution in [-0.2, 0) is 4.79 Å². The Balaban J connectivity index is 1.28. The zero-order valence-electron chi connectivity index (χ0n) is 18.3. The third-order valence-corrected chi connectivity index (χ3v) is 7.76. The van der Waals surface area contributed by atoms with E-state index in [1.54, 1.807) is 0 Å². The fourth-order valence-corrected chi connectivity index (χ4v) is 6.00. The molecule has 3 aromatic rings. The lowest BCUT2D eigenvalue weighted by Gasteiger charge is -2.28. The van der Waals surface area contributed by atoms with E-state index in [0.29, 0.717) is 16.8 Å². The summed E-state index contributed by atoms with van der Waals surface area (Å²) >= 11 is 1.34. The first kappa shape index (κ1) is 21.1. The minimum absolute atomic E-state index is 0.0438. The van der Waals surface area contributed by atoms with Gasteiger partial charge >= 0.3 is 0 Å². The Kier molecular flexibility index (Phi) is 6.21. The van der Waals surface area contributed by atoms with Gasteiger partial charge in [-0.3, -0.25) is 4.79 Å². The maximum atomic E-state index is 12.6. The Labute approximate surface area is 193 Å². The zero-order chi connectivity index (χ0) is 21.9. The normalized spacial score (nSPS) is 22.6. The fraction of sp³-hybridized carbons (Fsp3) is 0.385. The molecule has 1 heterocycles. The van der Waals surface area contributed by atoms with Gasteiger partial charge in [-0.05, 0) is 43.9 Å². The van der Waals surface area contributed by atoms with Gasteiger partial charge in [-0.15, -0.1) is 10.2 Å². The molecular formula is C26H28N4OS. The lowest BCUT2D eigenvalue weighted by Crippen LogP contribution is -2.40. The van der Waals surface area contributed by atoms with Crippen molar-refractivity contribution >= 4 is 17.7 Å². The van der Waals surface area contributed by atoms with Crippen LogP contribution in [0.25, 0.3) is 22.5 Å². The zero-order valence-corrected chi connectivity index (χ0v) is 19.1. The number of thioether (sulfide) groups is 1. The molecule has 6 heteroatoms. The first-order chi connectivity index (χ1) is 15.7. The van der Waals surface area contributed by atoms with Crippen molar-refractivity contribution in [2.75, 3.05) is 5.75 Å². The monoisotopic (exact) mass is 444 g/mol. The summed E-state index contributed by atoms with van der Waals surface area (Å²) in [7, 11) is 0. The van der Waals surface area contributed by atoms with Crippen molar-refractivity contribution < 1.29 is 4.79 Å². The van der Waals surface area contributed by atoms with Crippen molar-refractivity contribution in [2.45, 2.75) is 43.8 Å². The summed E-state index contributed by atoms with van der Waals surface area (Å²) in [4.78, 5) is 17.4. The van der Waals surface area contributed by atoms with E-state index < -0.39 is 0 Å². The average molecular weight is 445 g/mol. The molecule has 2 saturated carbocycles. The van der Waals surface area contributed by atoms with Crippen LogP contribution in [0.15, 0.2) is 65.8 Å². The molecular weight excluding hydrogens is 416 g/mol. The topological polar surface area (TPSA) is 67.8 Å². The van der Waals surface area contributed by atoms with Crippen molar-refractivity contribution in [1.29, 1.82) is 0 Å². The molecule has 0 unspecified atom stereocenters. The Hall–Kier alpha value is -2.73. The number of hydrogen-bond acceptors (Lipinski definition) is 5. The number of benzene rings is 2. The van der Waals surface area contributed by atoms with Crippen LogP contribution in [0.2, 0.25) is 0 Å². The van der Waals surface area contributed by atoms with Gasteiger partial charge in [-0.1, -0.05) is 78.8 Å². The van der Waals surface area contributed by atoms with Gasteiger partial charge in [-0.2, -0.15) is 0 Å². The Bertz CT molecular complexity index is 1080. The molecule has 0 saturated heterocycles. The SMILES string of the molecule is C[C@H](NC(=O)CSc1nnc(-c2ccccc2)c(-c2ccccc2)n1)[C@@H]1C[C@H]2CC[C@H]1C2. The number of amides is 1. The van der Waals surface area contributed by atoms with Gasteiger partial charge < -0.3 is 5.32 Å². The van der Waals surface area contributed by atoms with Gasteiger partial charge in [0, 0.05) is 17.2 Å². The number of hydrogen-bond donors (Lipinski definition) is 1. The lowest BCUT2D eigenvalue weighted by atomic mass is 9.84. The molecule has 5 rings (SSSR count). The lowest BCUT2D eigenvalue weighted by molar-refractivity contribution is -0.119. The molecule has 2 bridgehead atoms. The smallest absolute Gasteiger partial charge is 0.230 e. The van der Waals surface area contributed by atoms with Crippen LogP contribution in [0.4, 0.5) is 0 Å². The quantitative estimate of drug-likeness (QED) is 0.505. The molecule has 2 fully saturated rings. The van der Waals surface area contributed by atoms with Gasteiger partial charge in [0.25, 0.3) is 0 Å². The van der Waals surface area contributed by atoms with Crippen molar-refractivity contribution in [3.63, 3.8) is 0 Å². The second-order valence-corrected chi connectivity index (χ2v) is 9.95. The highest BCUT2D eigenvalue weighted by Crippen LogP contribution is 2.49. The van der Waals surface area contributed by atoms with Crippen LogP contribution in [0.1, 0.15) is 32.6 Å². The third kappa shape index (κ3) is 4.56. The summed E-state index contributed by atoms with van der Waals surface area (Å²) in [6.45, 7) is 2.16. The van der Waals surface area contributed by atoms with E-state index in [2.05, 4.69) is 22.4 Å². The second kappa shape index (κ2) is 9.41. The summed E-state index contributed by atoms with van der Waals surface area (Å²) in [5, 5.41) is 12.6. The molecule has 164 valence electrons. The molecule has 2 aromatic carbocycles. The number of fused-ring (bicyclic) bond motifs is 2. The van der Waals surface area contributed by atoms with E-state index in [1.807, 2.05) is 60.7 Å². The van der Waals surface area contributed by atoms with E-state index in [9.17, 15) is 4.79 Å². The molecule has 1 amide bonds. The number of nitrogens with zero attached hydrogens (tertiary/aromatic N) is 3. The van der Waals surface area contributed by atoms with E-state index >= 15 is 0 Å². The minimum Gasteiger partial charge on any atom is -0.353 e. The highest BCUT2D eigenvalue weighted by Gasteiger charge is 2.42. The highest BCUT2D eigenvalue weighted by molar-refractivity contribution is 7.99. The first-order valence-corrected chi connectivity index (χ1v) is 12.4. The largest absolute Gasteiger partial charge is 0.353 e. The summed E-state index contributed by atoms with van der Waals surface area (Å²) in [5.41, 5.74) is 3.48. The average Bonchev–Trinajstić information content (AvgIpc) is 3.48. The summed E-state index contributed by atoms with van der Waals surface area (Å²) in [5.74, 6) is 2.66. The van der Waals surface area contributed by atoms with Crippen LogP contribution >= 0.6 is 11.8 Å². The maximum absolute atomic E-state index is 12.6. The molecule has 0 radical (unpaired) electrons. The van der Waals surface area contributed by atoms with Gasteiger partial charge in [-0.25, -0.2) is 4.98 Å². The standard InChI is InChI=1S/C26H28N4OS/c1-17(22-15-18-12-13-21(22)14-18)27-23(31)16-32-26-28-24(19-8-4-2-5-9-19)25(29-30-26)20-10-6-3-7-11-20/h2-11,17-18,21-22H,12-16H2,1H3,(H,27,31)/t17-,18-,21-,22-/m0/s1. The molecule has 2 aliphatic carbocycles. The van der Waals surface area contributed by atoms with Crippen molar-refractivity contribution in [3.05, 3.63) is 60.7 Å². The molecule has 0 aliphatic heterocycles. The van der Waals surface area contributed by atoms with Crippen LogP contribution in [0, 0.1) is 17.8 Å². The number of carbonyl (C=O) groups is 1. The van der Waals surface area contributed by atoms with Crippen molar-refractivity contribution in [1.82, 2.24) is 20.5 Å². The molecule has 4 atom stereocenters. The Morgan fingerprint density at radius 1 is 0.969 bits per heavy atom. The second-order valence-electron chi connectivity index (χ2n) is 9.01. The molecule has 5 nitrogen and oxygen atoms in total. The van der Waals surface area contributed by atoms with Gasteiger partial charge in [0.1, 0.15) is 11.4 Å². The molecule has 2 aliphatic rings. The number of aromatic nitrogens is 3. The van der Waals surface area contributed by atoms with Crippen LogP contribution in [0.3, 0.4) is 0 Å². The highest BCUT2D eigenvalue weighted by atomic mass is 32.2. The van der Waals surface area contributed by atoms with Crippen molar-refractivity contribution in [3.8, 4) is 22.5 Å². The van der Waals surface area contributed by atoms with Crippen LogP contribution in [-0.4, -0.2) is 32.9 Å². The van der Waals surface area contributed by atoms with Crippen molar-refractivity contribution in [2.24, 2.45) is 17.8 Å². The van der Waals surface area contributed by atoms with Crippen LogP contribution < -0.4 is 5.32 Å². The number of nitrogens with one attached hydrogen (secondary N) is 1. The van der Waals surface area contributed by atoms with E-state index in [1.165, 1.54) is 37.4 Å². The molecule has 1 N–H and O–H groups in total. The first-order valence-electron chi connectivity index (χ1n) is 11.4. The summed E-state index contributed by atoms with van der Waals surface area (Å²) < 4.78 is 0. The van der Waals surface area contributed by atoms with Gasteiger partial charge in [0.05, 0.1) is 5.75 Å². The van der Waals surface area contributed by atoms with Gasteiger partial charge in [0.15, 0.2) is 0 Å². The minimum atomic E-state index is 0.0438. The summed E-state index contributed by atoms with van der Waals surface area (Å²) in [6, 6.07) is 20.2. The molecule has 32 heavy (non-hydrogen) atoms. The predicted molar refractivity (Wildman–Crippen MR) is 128 cm³/mol. The van der Waals surface area contributed by atoms with E-state index in [4.69, 9.17) is 4.98 Å². The third-order valence-electron chi connectivity index (χ3n) is 6.92. The van der Waals surface area contributed by atoms with Crippen LogP contribution in [0.5, 0.6) is 0 Å². The summed E-state index contributed by atoms with van der Waals surface area (Å²) in [6.07, 6.45) is 5.34. The Morgan fingerprint density at radius 3 is 2.28 bits per heavy atom. The maximum Gasteiger partial charge on any atom is 0.230 e. The predicted octanol–water partition coefficient (Wildman–Crippen LogP) is 5.24. The Morgan fingerprint density at radius 2 is 1.66 bits per heavy atom. The van der Waals surface area contributed by atoms with E-state index in [0.717, 1.165) is 34.4 Å². The van der Waals surface area contributed by atoms with E-state index in [-0.39, 0.29) is 11.9 Å². The molecule has 0 spiro atoms. The number of rotatable bonds is 7.